The summed E-state index contributed by atoms with van der Waals surface area (Å²) in [5, 5.41) is 0. The van der Waals surface area contributed by atoms with E-state index in [4.69, 9.17) is 9.47 Å². The first-order chi connectivity index (χ1) is 9.81. The Morgan fingerprint density at radius 2 is 1.90 bits per heavy atom. The van der Waals surface area contributed by atoms with Crippen molar-refractivity contribution >= 4 is 11.8 Å². The lowest BCUT2D eigenvalue weighted by Gasteiger charge is -2.13. The minimum atomic E-state index is -0.685. The van der Waals surface area contributed by atoms with Crippen LogP contribution in [-0.4, -0.2) is 24.5 Å². The van der Waals surface area contributed by atoms with E-state index in [1.165, 1.54) is 19.1 Å². The summed E-state index contributed by atoms with van der Waals surface area (Å²) in [6.45, 7) is 7.26. The van der Waals surface area contributed by atoms with Crippen LogP contribution in [0.15, 0.2) is 18.2 Å². The van der Waals surface area contributed by atoms with E-state index in [0.29, 0.717) is 13.0 Å². The van der Waals surface area contributed by atoms with Gasteiger partial charge in [0.2, 0.25) is 0 Å². The molecule has 0 spiro atoms. The number of esters is 1. The summed E-state index contributed by atoms with van der Waals surface area (Å²) in [6, 6.07) is 3.80. The Bertz CT molecular complexity index is 511. The van der Waals surface area contributed by atoms with E-state index in [2.05, 4.69) is 0 Å². The number of carbonyl (C=O) groups is 2. The van der Waals surface area contributed by atoms with Crippen LogP contribution >= 0.6 is 0 Å². The van der Waals surface area contributed by atoms with Gasteiger partial charge in [-0.1, -0.05) is 6.92 Å². The molecule has 0 amide bonds. The summed E-state index contributed by atoms with van der Waals surface area (Å²) in [5.41, 5.74) is 0.00273. The number of benzene rings is 1. The molecule has 1 atom stereocenters. The molecule has 0 saturated carbocycles. The Balaban J connectivity index is 2.71. The summed E-state index contributed by atoms with van der Waals surface area (Å²) < 4.78 is 24.1. The topological polar surface area (TPSA) is 52.6 Å². The SMILES string of the molecule is CC(=O)Oc1ccc(C(=O)C(C)CCOC(C)C)c(F)c1. The Labute approximate surface area is 124 Å². The number of ether oxygens (including phenoxy) is 2. The fourth-order valence-electron chi connectivity index (χ4n) is 1.80. The number of halogens is 1. The van der Waals surface area contributed by atoms with Gasteiger partial charge in [-0.2, -0.15) is 0 Å². The van der Waals surface area contributed by atoms with E-state index >= 15 is 0 Å². The zero-order chi connectivity index (χ0) is 16.0. The van der Waals surface area contributed by atoms with Crippen LogP contribution in [0.2, 0.25) is 0 Å². The van der Waals surface area contributed by atoms with Gasteiger partial charge in [0, 0.05) is 25.5 Å². The molecule has 0 saturated heterocycles. The molecule has 0 aromatic heterocycles. The van der Waals surface area contributed by atoms with Crippen molar-refractivity contribution < 1.29 is 23.5 Å². The van der Waals surface area contributed by atoms with Crippen molar-refractivity contribution in [2.24, 2.45) is 5.92 Å². The predicted octanol–water partition coefficient (Wildman–Crippen LogP) is 3.38. The summed E-state index contributed by atoms with van der Waals surface area (Å²) in [5.74, 6) is -1.75. The standard InChI is InChI=1S/C16H21FO4/c1-10(2)20-8-7-11(3)16(19)14-6-5-13(9-15(14)17)21-12(4)18/h5-6,9-11H,7-8H2,1-4H3. The van der Waals surface area contributed by atoms with E-state index in [1.807, 2.05) is 13.8 Å². The highest BCUT2D eigenvalue weighted by Gasteiger charge is 2.19. The molecule has 0 N–H and O–H groups in total. The average molecular weight is 296 g/mol. The van der Waals surface area contributed by atoms with Crippen molar-refractivity contribution in [2.75, 3.05) is 6.61 Å². The number of Topliss-reactive ketones (excluding diaryl/α,β-unsaturated/α-hetero) is 1. The maximum absolute atomic E-state index is 13.9. The van der Waals surface area contributed by atoms with Gasteiger partial charge in [-0.25, -0.2) is 4.39 Å². The molecule has 0 bridgehead atoms. The molecule has 0 radical (unpaired) electrons. The number of hydrogen-bond acceptors (Lipinski definition) is 4. The van der Waals surface area contributed by atoms with Crippen LogP contribution in [0.25, 0.3) is 0 Å². The molecule has 1 aromatic carbocycles. The van der Waals surface area contributed by atoms with Gasteiger partial charge in [0.15, 0.2) is 5.78 Å². The van der Waals surface area contributed by atoms with Crippen molar-refractivity contribution in [1.29, 1.82) is 0 Å². The lowest BCUT2D eigenvalue weighted by atomic mass is 9.96. The van der Waals surface area contributed by atoms with Gasteiger partial charge in [-0.05, 0) is 32.4 Å². The van der Waals surface area contributed by atoms with E-state index in [-0.39, 0.29) is 29.1 Å². The van der Waals surface area contributed by atoms with Crippen LogP contribution in [0.5, 0.6) is 5.75 Å². The number of hydrogen-bond donors (Lipinski definition) is 0. The van der Waals surface area contributed by atoms with Gasteiger partial charge in [0.05, 0.1) is 11.7 Å². The normalized spacial score (nSPS) is 12.3. The van der Waals surface area contributed by atoms with Crippen LogP contribution in [-0.2, 0) is 9.53 Å². The number of carbonyl (C=O) groups excluding carboxylic acids is 2. The molecule has 1 unspecified atom stereocenters. The van der Waals surface area contributed by atoms with E-state index in [9.17, 15) is 14.0 Å². The fraction of sp³-hybridized carbons (Fsp3) is 0.500. The minimum absolute atomic E-state index is 0.00273. The first-order valence-corrected chi connectivity index (χ1v) is 6.95. The molecule has 1 rings (SSSR count). The smallest absolute Gasteiger partial charge is 0.308 e. The highest BCUT2D eigenvalue weighted by molar-refractivity contribution is 5.98. The van der Waals surface area contributed by atoms with Crippen molar-refractivity contribution in [3.05, 3.63) is 29.6 Å². The highest BCUT2D eigenvalue weighted by atomic mass is 19.1. The van der Waals surface area contributed by atoms with Crippen LogP contribution in [0.3, 0.4) is 0 Å². The predicted molar refractivity (Wildman–Crippen MR) is 76.9 cm³/mol. The molecule has 0 aliphatic rings. The molecule has 4 nitrogen and oxygen atoms in total. The molecule has 0 aliphatic heterocycles. The molecule has 116 valence electrons. The Kier molecular flexibility index (Phi) is 6.49. The van der Waals surface area contributed by atoms with E-state index in [0.717, 1.165) is 6.07 Å². The highest BCUT2D eigenvalue weighted by Crippen LogP contribution is 2.21. The largest absolute Gasteiger partial charge is 0.427 e. The Hall–Kier alpha value is -1.75. The molecular formula is C16H21FO4. The first kappa shape index (κ1) is 17.3. The molecular weight excluding hydrogens is 275 g/mol. The van der Waals surface area contributed by atoms with Crippen molar-refractivity contribution in [3.8, 4) is 5.75 Å². The molecule has 0 heterocycles. The average Bonchev–Trinajstić information content (AvgIpc) is 2.36. The van der Waals surface area contributed by atoms with Crippen molar-refractivity contribution in [3.63, 3.8) is 0 Å². The third kappa shape index (κ3) is 5.63. The number of rotatable bonds is 7. The molecule has 21 heavy (non-hydrogen) atoms. The van der Waals surface area contributed by atoms with Crippen molar-refractivity contribution in [1.82, 2.24) is 0 Å². The molecule has 5 heteroatoms. The van der Waals surface area contributed by atoms with Gasteiger partial charge in [0.1, 0.15) is 11.6 Å². The van der Waals surface area contributed by atoms with Gasteiger partial charge >= 0.3 is 5.97 Å². The van der Waals surface area contributed by atoms with Crippen molar-refractivity contribution in [2.45, 2.75) is 40.2 Å². The lowest BCUT2D eigenvalue weighted by molar-refractivity contribution is -0.131. The second kappa shape index (κ2) is 7.88. The molecule has 0 aliphatic carbocycles. The van der Waals surface area contributed by atoms with Gasteiger partial charge in [-0.3, -0.25) is 9.59 Å². The summed E-state index contributed by atoms with van der Waals surface area (Å²) >= 11 is 0. The fourth-order valence-corrected chi connectivity index (χ4v) is 1.80. The minimum Gasteiger partial charge on any atom is -0.427 e. The van der Waals surface area contributed by atoms with Gasteiger partial charge < -0.3 is 9.47 Å². The first-order valence-electron chi connectivity index (χ1n) is 6.95. The maximum Gasteiger partial charge on any atom is 0.308 e. The van der Waals surface area contributed by atoms with Gasteiger partial charge in [-0.15, -0.1) is 0 Å². The maximum atomic E-state index is 13.9. The quantitative estimate of drug-likeness (QED) is 0.440. The van der Waals surface area contributed by atoms with E-state index in [1.54, 1.807) is 6.92 Å². The third-order valence-corrected chi connectivity index (χ3v) is 2.92. The van der Waals surface area contributed by atoms with Crippen LogP contribution in [0, 0.1) is 11.7 Å². The van der Waals surface area contributed by atoms with Gasteiger partial charge in [0.25, 0.3) is 0 Å². The Morgan fingerprint density at radius 1 is 1.24 bits per heavy atom. The Morgan fingerprint density at radius 3 is 2.43 bits per heavy atom. The molecule has 1 aromatic rings. The summed E-state index contributed by atoms with van der Waals surface area (Å²) in [7, 11) is 0. The second-order valence-electron chi connectivity index (χ2n) is 5.21. The van der Waals surface area contributed by atoms with Crippen LogP contribution < -0.4 is 4.74 Å². The lowest BCUT2D eigenvalue weighted by Crippen LogP contribution is -2.16. The zero-order valence-corrected chi connectivity index (χ0v) is 12.8. The monoisotopic (exact) mass is 296 g/mol. The molecule has 0 fully saturated rings. The summed E-state index contributed by atoms with van der Waals surface area (Å²) in [6.07, 6.45) is 0.634. The zero-order valence-electron chi connectivity index (χ0n) is 12.8. The van der Waals surface area contributed by atoms with E-state index < -0.39 is 11.8 Å². The number of ketones is 1. The summed E-state index contributed by atoms with van der Waals surface area (Å²) in [4.78, 5) is 23.0. The third-order valence-electron chi connectivity index (χ3n) is 2.92. The van der Waals surface area contributed by atoms with Crippen LogP contribution in [0.4, 0.5) is 4.39 Å². The second-order valence-corrected chi connectivity index (χ2v) is 5.21. The van der Waals surface area contributed by atoms with Crippen LogP contribution in [0.1, 0.15) is 44.5 Å².